The van der Waals surface area contributed by atoms with E-state index in [1.54, 1.807) is 40.4 Å². The second kappa shape index (κ2) is 10.2. The van der Waals surface area contributed by atoms with E-state index in [1.807, 2.05) is 30.3 Å². The van der Waals surface area contributed by atoms with Crippen LogP contribution in [-0.2, 0) is 0 Å². The summed E-state index contributed by atoms with van der Waals surface area (Å²) in [5.41, 5.74) is 6.02. The summed E-state index contributed by atoms with van der Waals surface area (Å²) in [4.78, 5) is 13.3. The molecule has 0 saturated carbocycles. The number of fused-ring (bicyclic) bond motifs is 1. The normalized spacial score (nSPS) is 13.6. The van der Waals surface area contributed by atoms with Crippen molar-refractivity contribution in [2.24, 2.45) is 0 Å². The van der Waals surface area contributed by atoms with Crippen molar-refractivity contribution in [3.63, 3.8) is 0 Å². The Hall–Kier alpha value is -4.13. The van der Waals surface area contributed by atoms with Crippen LogP contribution in [0, 0.1) is 0 Å². The molecule has 3 aromatic carbocycles. The number of carbonyl (C=O) groups is 1. The van der Waals surface area contributed by atoms with Crippen molar-refractivity contribution in [1.82, 2.24) is 4.90 Å². The molecule has 36 heavy (non-hydrogen) atoms. The number of anilines is 2. The van der Waals surface area contributed by atoms with Gasteiger partial charge in [-0.1, -0.05) is 24.3 Å². The van der Waals surface area contributed by atoms with E-state index < -0.39 is 6.09 Å². The fraction of sp³-hybridized carbons (Fsp3) is 0.276. The van der Waals surface area contributed by atoms with E-state index in [4.69, 9.17) is 14.2 Å². The van der Waals surface area contributed by atoms with E-state index in [0.29, 0.717) is 18.0 Å². The van der Waals surface area contributed by atoms with Crippen LogP contribution >= 0.6 is 0 Å². The summed E-state index contributed by atoms with van der Waals surface area (Å²) >= 11 is 0. The van der Waals surface area contributed by atoms with Gasteiger partial charge in [-0.2, -0.15) is 0 Å². The zero-order valence-corrected chi connectivity index (χ0v) is 21.6. The topological polar surface area (TPSA) is 72.1 Å². The number of nitrogens with zero attached hydrogens (tertiary/aromatic N) is 1. The maximum absolute atomic E-state index is 12.0. The average Bonchev–Trinajstić information content (AvgIpc) is 2.86. The van der Waals surface area contributed by atoms with Crippen LogP contribution < -0.4 is 24.8 Å². The highest BCUT2D eigenvalue weighted by Gasteiger charge is 2.25. The Morgan fingerprint density at radius 2 is 1.69 bits per heavy atom. The molecule has 7 nitrogen and oxygen atoms in total. The molecule has 0 fully saturated rings. The second-order valence-electron chi connectivity index (χ2n) is 9.45. The number of hydrogen-bond acceptors (Lipinski definition) is 6. The molecule has 1 amide bonds. The summed E-state index contributed by atoms with van der Waals surface area (Å²) in [5, 5.41) is 7.14. The highest BCUT2D eigenvalue weighted by molar-refractivity contribution is 5.87. The standard InChI is InChI=1S/C29H33N3O4/c1-29(2)17-20(18-30-25-9-7-8-10-26(25)34-5)23-15-19(11-14-24(23)31-29)22-13-12-21(16-27(22)35-6)36-28(33)32(3)4/h7-17,30-31H,18H2,1-6H3. The zero-order chi connectivity index (χ0) is 25.9. The molecular formula is C29H33N3O4. The molecule has 0 spiro atoms. The molecule has 3 aromatic rings. The quantitative estimate of drug-likeness (QED) is 0.418. The number of carbonyl (C=O) groups excluding carboxylic acids is 1. The van der Waals surface area contributed by atoms with Gasteiger partial charge in [0.05, 0.1) is 25.4 Å². The third-order valence-electron chi connectivity index (χ3n) is 5.99. The predicted octanol–water partition coefficient (Wildman–Crippen LogP) is 6.13. The predicted molar refractivity (Wildman–Crippen MR) is 145 cm³/mol. The van der Waals surface area contributed by atoms with Crippen molar-refractivity contribution in [2.75, 3.05) is 45.5 Å². The van der Waals surface area contributed by atoms with Gasteiger partial charge in [0.25, 0.3) is 0 Å². The summed E-state index contributed by atoms with van der Waals surface area (Å²) in [6.45, 7) is 4.95. The van der Waals surface area contributed by atoms with E-state index >= 15 is 0 Å². The Kier molecular flexibility index (Phi) is 7.10. The number of amides is 1. The molecular weight excluding hydrogens is 454 g/mol. The summed E-state index contributed by atoms with van der Waals surface area (Å²) in [6, 6.07) is 19.7. The zero-order valence-electron chi connectivity index (χ0n) is 21.6. The minimum atomic E-state index is -0.440. The number of methoxy groups -OCH3 is 2. The number of benzene rings is 3. The van der Waals surface area contributed by atoms with Gasteiger partial charge in [-0.15, -0.1) is 0 Å². The molecule has 0 bridgehead atoms. The SMILES string of the molecule is COc1ccccc1NCC1=CC(C)(C)Nc2ccc(-c3ccc(OC(=O)N(C)C)cc3OC)cc21. The van der Waals surface area contributed by atoms with Crippen LogP contribution in [0.4, 0.5) is 16.2 Å². The first kappa shape index (κ1) is 25.0. The molecule has 0 aromatic heterocycles. The van der Waals surface area contributed by atoms with Crippen LogP contribution in [-0.4, -0.2) is 51.4 Å². The first-order valence-electron chi connectivity index (χ1n) is 11.8. The highest BCUT2D eigenvalue weighted by atomic mass is 16.6. The number of rotatable bonds is 7. The Balaban J connectivity index is 1.67. The Morgan fingerprint density at radius 3 is 2.42 bits per heavy atom. The van der Waals surface area contributed by atoms with Crippen LogP contribution in [0.5, 0.6) is 17.2 Å². The third kappa shape index (κ3) is 5.40. The monoisotopic (exact) mass is 487 g/mol. The van der Waals surface area contributed by atoms with E-state index in [2.05, 4.69) is 48.8 Å². The molecule has 0 unspecified atom stereocenters. The molecule has 7 heteroatoms. The Bertz CT molecular complexity index is 1300. The van der Waals surface area contributed by atoms with Crippen molar-refractivity contribution in [3.05, 3.63) is 72.3 Å². The van der Waals surface area contributed by atoms with Crippen LogP contribution in [0.1, 0.15) is 19.4 Å². The number of hydrogen-bond donors (Lipinski definition) is 2. The average molecular weight is 488 g/mol. The first-order chi connectivity index (χ1) is 17.2. The molecule has 4 rings (SSSR count). The second-order valence-corrected chi connectivity index (χ2v) is 9.45. The van der Waals surface area contributed by atoms with E-state index in [1.165, 1.54) is 10.5 Å². The molecule has 1 aliphatic heterocycles. The smallest absolute Gasteiger partial charge is 0.414 e. The van der Waals surface area contributed by atoms with Gasteiger partial charge in [-0.3, -0.25) is 0 Å². The lowest BCUT2D eigenvalue weighted by atomic mass is 9.88. The van der Waals surface area contributed by atoms with Crippen LogP contribution in [0.2, 0.25) is 0 Å². The van der Waals surface area contributed by atoms with Crippen molar-refractivity contribution >= 4 is 23.0 Å². The summed E-state index contributed by atoms with van der Waals surface area (Å²) in [7, 11) is 6.57. The van der Waals surface area contributed by atoms with Gasteiger partial charge in [-0.25, -0.2) is 4.79 Å². The first-order valence-corrected chi connectivity index (χ1v) is 11.8. The molecule has 0 atom stereocenters. The van der Waals surface area contributed by atoms with Gasteiger partial charge in [0.15, 0.2) is 0 Å². The molecule has 0 saturated heterocycles. The number of ether oxygens (including phenoxy) is 3. The lowest BCUT2D eigenvalue weighted by molar-refractivity contribution is 0.172. The number of para-hydroxylation sites is 2. The fourth-order valence-corrected chi connectivity index (χ4v) is 4.28. The third-order valence-corrected chi connectivity index (χ3v) is 5.99. The molecule has 2 N–H and O–H groups in total. The Labute approximate surface area is 212 Å². The minimum absolute atomic E-state index is 0.193. The van der Waals surface area contributed by atoms with E-state index in [0.717, 1.165) is 33.8 Å². The minimum Gasteiger partial charge on any atom is -0.496 e. The van der Waals surface area contributed by atoms with Gasteiger partial charge in [0.1, 0.15) is 17.2 Å². The molecule has 1 heterocycles. The van der Waals surface area contributed by atoms with Crippen LogP contribution in [0.3, 0.4) is 0 Å². The van der Waals surface area contributed by atoms with E-state index in [9.17, 15) is 4.79 Å². The lowest BCUT2D eigenvalue weighted by Crippen LogP contribution is -2.32. The summed E-state index contributed by atoms with van der Waals surface area (Å²) < 4.78 is 16.6. The van der Waals surface area contributed by atoms with Crippen molar-refractivity contribution in [1.29, 1.82) is 0 Å². The molecule has 0 aliphatic carbocycles. The summed E-state index contributed by atoms with van der Waals surface area (Å²) in [5.74, 6) is 1.86. The maximum atomic E-state index is 12.0. The van der Waals surface area contributed by atoms with Gasteiger partial charge < -0.3 is 29.7 Å². The lowest BCUT2D eigenvalue weighted by Gasteiger charge is -2.33. The van der Waals surface area contributed by atoms with Gasteiger partial charge >= 0.3 is 6.09 Å². The number of nitrogens with one attached hydrogen (secondary N) is 2. The molecule has 1 aliphatic rings. The molecule has 188 valence electrons. The van der Waals surface area contributed by atoms with Crippen molar-refractivity contribution < 1.29 is 19.0 Å². The van der Waals surface area contributed by atoms with Gasteiger partial charge in [0, 0.05) is 43.5 Å². The molecule has 0 radical (unpaired) electrons. The van der Waals surface area contributed by atoms with Gasteiger partial charge in [-0.05, 0) is 61.4 Å². The Morgan fingerprint density at radius 1 is 0.944 bits per heavy atom. The van der Waals surface area contributed by atoms with Crippen molar-refractivity contribution in [3.8, 4) is 28.4 Å². The van der Waals surface area contributed by atoms with Crippen molar-refractivity contribution in [2.45, 2.75) is 19.4 Å². The fourth-order valence-electron chi connectivity index (χ4n) is 4.28. The van der Waals surface area contributed by atoms with Crippen LogP contribution in [0.15, 0.2) is 66.7 Å². The van der Waals surface area contributed by atoms with Crippen LogP contribution in [0.25, 0.3) is 16.7 Å². The highest BCUT2D eigenvalue weighted by Crippen LogP contribution is 2.40. The summed E-state index contributed by atoms with van der Waals surface area (Å²) in [6.07, 6.45) is 1.81. The largest absolute Gasteiger partial charge is 0.496 e. The van der Waals surface area contributed by atoms with E-state index in [-0.39, 0.29) is 5.54 Å². The van der Waals surface area contributed by atoms with Gasteiger partial charge in [0.2, 0.25) is 0 Å². The maximum Gasteiger partial charge on any atom is 0.414 e.